The lowest BCUT2D eigenvalue weighted by atomic mass is 9.90. The Morgan fingerprint density at radius 3 is 1.37 bits per heavy atom. The summed E-state index contributed by atoms with van der Waals surface area (Å²) in [5, 5.41) is 5.08. The molecule has 3 nitrogen and oxygen atoms in total. The van der Waals surface area contributed by atoms with Crippen LogP contribution < -0.4 is 4.90 Å². The highest BCUT2D eigenvalue weighted by Gasteiger charge is 2.37. The summed E-state index contributed by atoms with van der Waals surface area (Å²) in [5.74, 6) is 0.348. The van der Waals surface area contributed by atoms with Gasteiger partial charge in [0.15, 0.2) is 0 Å². The van der Waals surface area contributed by atoms with Crippen LogP contribution in [0.4, 0.5) is 11.4 Å². The Labute approximate surface area is 379 Å². The smallest absolute Gasteiger partial charge is 0.0629 e. The van der Waals surface area contributed by atoms with E-state index in [2.05, 4.69) is 252 Å². The van der Waals surface area contributed by atoms with Crippen molar-refractivity contribution in [1.82, 2.24) is 9.13 Å². The molecule has 1 aliphatic heterocycles. The van der Waals surface area contributed by atoms with E-state index >= 15 is 0 Å². The van der Waals surface area contributed by atoms with Gasteiger partial charge < -0.3 is 14.0 Å². The van der Waals surface area contributed by atoms with Crippen molar-refractivity contribution in [3.05, 3.63) is 241 Å². The summed E-state index contributed by atoms with van der Waals surface area (Å²) in [6.45, 7) is 4.53. The minimum Gasteiger partial charge on any atom is -0.333 e. The second kappa shape index (κ2) is 14.7. The Morgan fingerprint density at radius 2 is 0.800 bits per heavy atom. The number of para-hydroxylation sites is 5. The number of hydrogen-bond donors (Lipinski definition) is 0. The van der Waals surface area contributed by atoms with Gasteiger partial charge in [-0.05, 0) is 149 Å². The molecule has 0 fully saturated rings. The molecular formula is C62H45N3. The van der Waals surface area contributed by atoms with Gasteiger partial charge in [-0.3, -0.25) is 0 Å². The van der Waals surface area contributed by atoms with Crippen molar-refractivity contribution in [3.8, 4) is 44.8 Å². The summed E-state index contributed by atoms with van der Waals surface area (Å²) in [6.07, 6.45) is 9.09. The Kier molecular flexibility index (Phi) is 8.48. The lowest BCUT2D eigenvalue weighted by Gasteiger charge is -2.29. The predicted molar refractivity (Wildman–Crippen MR) is 274 cm³/mol. The van der Waals surface area contributed by atoms with E-state index in [1.54, 1.807) is 0 Å². The molecule has 9 aromatic carbocycles. The van der Waals surface area contributed by atoms with Crippen molar-refractivity contribution < 1.29 is 0 Å². The lowest BCUT2D eigenvalue weighted by Crippen LogP contribution is -2.28. The molecular weight excluding hydrogens is 787 g/mol. The molecule has 2 aromatic heterocycles. The van der Waals surface area contributed by atoms with Gasteiger partial charge in [0, 0.05) is 50.2 Å². The third kappa shape index (κ3) is 5.89. The quantitative estimate of drug-likeness (QED) is 0.163. The third-order valence-electron chi connectivity index (χ3n) is 14.1. The topological polar surface area (TPSA) is 13.1 Å². The molecule has 13 rings (SSSR count). The second-order valence-electron chi connectivity index (χ2n) is 17.8. The number of aromatic nitrogens is 2. The van der Waals surface area contributed by atoms with Crippen molar-refractivity contribution in [1.29, 1.82) is 0 Å². The number of fused-ring (bicyclic) bond motifs is 9. The highest BCUT2D eigenvalue weighted by Crippen LogP contribution is 2.48. The molecule has 11 aromatic rings. The molecule has 308 valence electrons. The molecule has 3 heterocycles. The van der Waals surface area contributed by atoms with E-state index in [1.165, 1.54) is 111 Å². The standard InChI is InChI=1S/C62H45N3/c1-40-35-47(64-59-23-11-5-17-53(59)54-18-6-12-24-60(54)64)31-33-49(40)44-37-43(42-27-29-46(30-28-42)63-57-21-9-3-15-51(57)52-16-4-10-22-58(52)63)38-45(39-44)50-34-32-48(36-41(50)2)65-61-25-13-7-19-55(61)56-20-8-14-26-62(56)65/h3-39,53,59H,1-2H3. The zero-order chi connectivity index (χ0) is 43.2. The van der Waals surface area contributed by atoms with Crippen molar-refractivity contribution in [2.24, 2.45) is 0 Å². The Balaban J connectivity index is 0.941. The van der Waals surface area contributed by atoms with E-state index in [0.717, 1.165) is 5.69 Å². The van der Waals surface area contributed by atoms with E-state index < -0.39 is 0 Å². The number of rotatable bonds is 6. The third-order valence-corrected chi connectivity index (χ3v) is 14.1. The number of nitrogens with zero attached hydrogens (tertiary/aromatic N) is 3. The van der Waals surface area contributed by atoms with Crippen LogP contribution in [0.5, 0.6) is 0 Å². The first kappa shape index (κ1) is 37.4. The molecule has 0 bridgehead atoms. The van der Waals surface area contributed by atoms with Crippen LogP contribution in [0.2, 0.25) is 0 Å². The van der Waals surface area contributed by atoms with Crippen molar-refractivity contribution >= 4 is 55.0 Å². The monoisotopic (exact) mass is 831 g/mol. The molecule has 0 radical (unpaired) electrons. The summed E-state index contributed by atoms with van der Waals surface area (Å²) in [6, 6.07) is 74.5. The van der Waals surface area contributed by atoms with Gasteiger partial charge in [0.1, 0.15) is 0 Å². The Hall–Kier alpha value is -8.14. The minimum atomic E-state index is 0.261. The molecule has 2 aliphatic rings. The number of hydrogen-bond acceptors (Lipinski definition) is 1. The zero-order valence-corrected chi connectivity index (χ0v) is 36.4. The largest absolute Gasteiger partial charge is 0.333 e. The molecule has 1 aliphatic carbocycles. The Morgan fingerprint density at radius 1 is 0.354 bits per heavy atom. The van der Waals surface area contributed by atoms with Gasteiger partial charge in [-0.1, -0.05) is 140 Å². The molecule has 0 spiro atoms. The first-order chi connectivity index (χ1) is 32.1. The first-order valence-electron chi connectivity index (χ1n) is 22.8. The molecule has 0 amide bonds. The minimum absolute atomic E-state index is 0.261. The van der Waals surface area contributed by atoms with Crippen LogP contribution in [0.3, 0.4) is 0 Å². The SMILES string of the molecule is Cc1cc(N2c3ccccc3C3C=CC=CC32)ccc1-c1cc(-c2ccc(-n3c4ccccc4c4ccccc43)cc2)cc(-c2ccc(-n3c4ccccc4c4ccccc43)cc2C)c1. The van der Waals surface area contributed by atoms with E-state index in [9.17, 15) is 0 Å². The molecule has 0 saturated carbocycles. The maximum Gasteiger partial charge on any atom is 0.0629 e. The highest BCUT2D eigenvalue weighted by atomic mass is 15.2. The summed E-state index contributed by atoms with van der Waals surface area (Å²) in [4.78, 5) is 2.53. The van der Waals surface area contributed by atoms with Crippen molar-refractivity contribution in [2.45, 2.75) is 25.8 Å². The first-order valence-corrected chi connectivity index (χ1v) is 22.8. The van der Waals surface area contributed by atoms with Gasteiger partial charge in [0.05, 0.1) is 28.1 Å². The van der Waals surface area contributed by atoms with Gasteiger partial charge >= 0.3 is 0 Å². The molecule has 0 N–H and O–H groups in total. The van der Waals surface area contributed by atoms with Crippen LogP contribution in [0.15, 0.2) is 224 Å². The van der Waals surface area contributed by atoms with Gasteiger partial charge in [-0.15, -0.1) is 0 Å². The predicted octanol–water partition coefficient (Wildman–Crippen LogP) is 16.2. The Bertz CT molecular complexity index is 3660. The average molecular weight is 832 g/mol. The van der Waals surface area contributed by atoms with Crippen LogP contribution in [0.25, 0.3) is 88.4 Å². The zero-order valence-electron chi connectivity index (χ0n) is 36.4. The van der Waals surface area contributed by atoms with E-state index in [-0.39, 0.29) is 6.04 Å². The summed E-state index contributed by atoms with van der Waals surface area (Å²) in [5.41, 5.74) is 20.8. The van der Waals surface area contributed by atoms with Crippen LogP contribution in [0, 0.1) is 13.8 Å². The van der Waals surface area contributed by atoms with E-state index in [1.807, 2.05) is 0 Å². The van der Waals surface area contributed by atoms with Crippen LogP contribution >= 0.6 is 0 Å². The fourth-order valence-electron chi connectivity index (χ4n) is 11.1. The van der Waals surface area contributed by atoms with Crippen LogP contribution in [0.1, 0.15) is 22.6 Å². The summed E-state index contributed by atoms with van der Waals surface area (Å²) < 4.78 is 4.80. The normalized spacial score (nSPS) is 15.4. The van der Waals surface area contributed by atoms with E-state index in [4.69, 9.17) is 0 Å². The number of anilines is 2. The van der Waals surface area contributed by atoms with Crippen molar-refractivity contribution in [3.63, 3.8) is 0 Å². The molecule has 3 heteroatoms. The van der Waals surface area contributed by atoms with E-state index in [0.29, 0.717) is 5.92 Å². The fourth-order valence-corrected chi connectivity index (χ4v) is 11.1. The van der Waals surface area contributed by atoms with Crippen LogP contribution in [-0.2, 0) is 0 Å². The molecule has 0 saturated heterocycles. The number of aryl methyl sites for hydroxylation is 2. The number of benzene rings is 9. The highest BCUT2D eigenvalue weighted by molar-refractivity contribution is 6.10. The second-order valence-corrected chi connectivity index (χ2v) is 17.8. The van der Waals surface area contributed by atoms with Crippen molar-refractivity contribution in [2.75, 3.05) is 4.90 Å². The van der Waals surface area contributed by atoms with Gasteiger partial charge in [-0.2, -0.15) is 0 Å². The average Bonchev–Trinajstić information content (AvgIpc) is 4.00. The molecule has 65 heavy (non-hydrogen) atoms. The molecule has 2 unspecified atom stereocenters. The van der Waals surface area contributed by atoms with Crippen LogP contribution in [-0.4, -0.2) is 15.2 Å². The maximum absolute atomic E-state index is 2.53. The van der Waals surface area contributed by atoms with Gasteiger partial charge in [-0.25, -0.2) is 0 Å². The summed E-state index contributed by atoms with van der Waals surface area (Å²) >= 11 is 0. The maximum atomic E-state index is 2.53. The molecule has 2 atom stereocenters. The summed E-state index contributed by atoms with van der Waals surface area (Å²) in [7, 11) is 0. The number of allylic oxidation sites excluding steroid dienone is 2. The van der Waals surface area contributed by atoms with Gasteiger partial charge in [0.2, 0.25) is 0 Å². The van der Waals surface area contributed by atoms with Gasteiger partial charge in [0.25, 0.3) is 0 Å². The fraction of sp³-hybridized carbons (Fsp3) is 0.0645. The lowest BCUT2D eigenvalue weighted by molar-refractivity contribution is 0.744.